The summed E-state index contributed by atoms with van der Waals surface area (Å²) in [6, 6.07) is 6.03. The van der Waals surface area contributed by atoms with Crippen molar-refractivity contribution in [3.8, 4) is 0 Å². The molecule has 1 rings (SSSR count). The first kappa shape index (κ1) is 19.6. The van der Waals surface area contributed by atoms with Gasteiger partial charge in [-0.2, -0.15) is 0 Å². The molecule has 1 N–H and O–H groups in total. The van der Waals surface area contributed by atoms with Gasteiger partial charge in [0.15, 0.2) is 0 Å². The number of rotatable bonds is 9. The molecule has 1 amide bonds. The number of nitrogens with one attached hydrogen (secondary N) is 1. The molecule has 0 heterocycles. The lowest BCUT2D eigenvalue weighted by Gasteiger charge is -2.20. The molecule has 0 aliphatic rings. The number of hydrogen-bond donors (Lipinski definition) is 1. The minimum Gasteiger partial charge on any atom is -0.339 e. The van der Waals surface area contributed by atoms with Gasteiger partial charge >= 0.3 is 0 Å². The van der Waals surface area contributed by atoms with Crippen molar-refractivity contribution in [1.82, 2.24) is 9.62 Å². The van der Waals surface area contributed by atoms with Gasteiger partial charge in [-0.05, 0) is 51.0 Å². The van der Waals surface area contributed by atoms with Crippen LogP contribution in [0.3, 0.4) is 0 Å². The average Bonchev–Trinajstić information content (AvgIpc) is 2.55. The second kappa shape index (κ2) is 9.03. The predicted octanol–water partition coefficient (Wildman–Crippen LogP) is 3.03. The van der Waals surface area contributed by atoms with Crippen LogP contribution < -0.4 is 4.72 Å². The molecule has 0 aromatic heterocycles. The standard InChI is InChI=1S/C17H28N2O3S/c1-5-8-13-19(7-3)17(20)15-9-11-16(12-10-15)23(21,22)18-14(4)6-2/h9-12,14,18H,5-8,13H2,1-4H3. The Morgan fingerprint density at radius 2 is 1.78 bits per heavy atom. The van der Waals surface area contributed by atoms with Gasteiger partial charge in [0.05, 0.1) is 4.90 Å². The average molecular weight is 340 g/mol. The largest absolute Gasteiger partial charge is 0.339 e. The molecule has 0 aliphatic heterocycles. The normalized spacial score (nSPS) is 12.9. The van der Waals surface area contributed by atoms with Crippen molar-refractivity contribution in [1.29, 1.82) is 0 Å². The lowest BCUT2D eigenvalue weighted by atomic mass is 10.2. The van der Waals surface area contributed by atoms with Crippen LogP contribution in [0.5, 0.6) is 0 Å². The first-order valence-corrected chi connectivity index (χ1v) is 9.75. The molecule has 0 radical (unpaired) electrons. The van der Waals surface area contributed by atoms with Crippen molar-refractivity contribution in [2.75, 3.05) is 13.1 Å². The van der Waals surface area contributed by atoms with Gasteiger partial charge < -0.3 is 4.90 Å². The highest BCUT2D eigenvalue weighted by Gasteiger charge is 2.18. The predicted molar refractivity (Wildman–Crippen MR) is 93.0 cm³/mol. The molecule has 0 spiro atoms. The van der Waals surface area contributed by atoms with Crippen LogP contribution in [0.15, 0.2) is 29.2 Å². The fourth-order valence-electron chi connectivity index (χ4n) is 2.13. The van der Waals surface area contributed by atoms with Gasteiger partial charge in [-0.3, -0.25) is 4.79 Å². The van der Waals surface area contributed by atoms with E-state index in [0.717, 1.165) is 25.8 Å². The van der Waals surface area contributed by atoms with Gasteiger partial charge in [0.25, 0.3) is 5.91 Å². The molecule has 23 heavy (non-hydrogen) atoms. The van der Waals surface area contributed by atoms with E-state index in [2.05, 4.69) is 11.6 Å². The van der Waals surface area contributed by atoms with Crippen LogP contribution in [-0.2, 0) is 10.0 Å². The first-order valence-electron chi connectivity index (χ1n) is 8.27. The minimum atomic E-state index is -3.53. The SMILES string of the molecule is CCCCN(CC)C(=O)c1ccc(S(=O)(=O)NC(C)CC)cc1. The van der Waals surface area contributed by atoms with Gasteiger partial charge in [-0.1, -0.05) is 20.3 Å². The molecule has 1 aromatic carbocycles. The van der Waals surface area contributed by atoms with Crippen LogP contribution >= 0.6 is 0 Å². The minimum absolute atomic E-state index is 0.0558. The van der Waals surface area contributed by atoms with Crippen LogP contribution in [0, 0.1) is 0 Å². The van der Waals surface area contributed by atoms with E-state index in [1.165, 1.54) is 12.1 Å². The zero-order valence-corrected chi connectivity index (χ0v) is 15.3. The molecule has 130 valence electrons. The summed E-state index contributed by atoms with van der Waals surface area (Å²) in [4.78, 5) is 14.4. The Bertz CT molecular complexity index is 597. The summed E-state index contributed by atoms with van der Waals surface area (Å²) in [5.41, 5.74) is 0.519. The zero-order valence-electron chi connectivity index (χ0n) is 14.5. The van der Waals surface area contributed by atoms with Crippen LogP contribution in [0.2, 0.25) is 0 Å². The molecule has 0 saturated heterocycles. The van der Waals surface area contributed by atoms with Gasteiger partial charge in [0.1, 0.15) is 0 Å². The second-order valence-electron chi connectivity index (χ2n) is 5.69. The number of nitrogens with zero attached hydrogens (tertiary/aromatic N) is 1. The van der Waals surface area contributed by atoms with Crippen LogP contribution in [-0.4, -0.2) is 38.4 Å². The monoisotopic (exact) mass is 340 g/mol. The highest BCUT2D eigenvalue weighted by Crippen LogP contribution is 2.13. The number of hydrogen-bond acceptors (Lipinski definition) is 3. The Balaban J connectivity index is 2.89. The molecule has 0 bridgehead atoms. The summed E-state index contributed by atoms with van der Waals surface area (Å²) >= 11 is 0. The maximum absolute atomic E-state index is 12.4. The maximum Gasteiger partial charge on any atom is 0.253 e. The molecular weight excluding hydrogens is 312 g/mol. The van der Waals surface area contributed by atoms with Crippen LogP contribution in [0.1, 0.15) is 57.3 Å². The van der Waals surface area contributed by atoms with Crippen LogP contribution in [0.25, 0.3) is 0 Å². The Morgan fingerprint density at radius 1 is 1.17 bits per heavy atom. The summed E-state index contributed by atoms with van der Waals surface area (Å²) < 4.78 is 27.0. The summed E-state index contributed by atoms with van der Waals surface area (Å²) in [5.74, 6) is -0.0558. The Kier molecular flexibility index (Phi) is 7.72. The molecule has 5 nitrogen and oxygen atoms in total. The van der Waals surface area contributed by atoms with Crippen molar-refractivity contribution >= 4 is 15.9 Å². The highest BCUT2D eigenvalue weighted by atomic mass is 32.2. The molecule has 1 aromatic rings. The molecule has 0 fully saturated rings. The van der Waals surface area contributed by atoms with E-state index in [0.29, 0.717) is 12.1 Å². The van der Waals surface area contributed by atoms with Gasteiger partial charge in [-0.15, -0.1) is 0 Å². The number of carbonyl (C=O) groups excluding carboxylic acids is 1. The van der Waals surface area contributed by atoms with E-state index in [4.69, 9.17) is 0 Å². The van der Waals surface area contributed by atoms with Gasteiger partial charge in [-0.25, -0.2) is 13.1 Å². The summed E-state index contributed by atoms with van der Waals surface area (Å²) in [6.07, 6.45) is 2.71. The zero-order chi connectivity index (χ0) is 17.5. The molecule has 6 heteroatoms. The molecule has 0 saturated carbocycles. The lowest BCUT2D eigenvalue weighted by molar-refractivity contribution is 0.0762. The summed E-state index contributed by atoms with van der Waals surface area (Å²) in [7, 11) is -3.53. The Morgan fingerprint density at radius 3 is 2.26 bits per heavy atom. The van der Waals surface area contributed by atoms with Crippen LogP contribution in [0.4, 0.5) is 0 Å². The smallest absolute Gasteiger partial charge is 0.253 e. The molecule has 1 atom stereocenters. The van der Waals surface area contributed by atoms with E-state index in [1.54, 1.807) is 17.0 Å². The summed E-state index contributed by atoms with van der Waals surface area (Å²) in [6.45, 7) is 9.15. The molecule has 0 aliphatic carbocycles. The number of carbonyl (C=O) groups is 1. The Hall–Kier alpha value is -1.40. The quantitative estimate of drug-likeness (QED) is 0.751. The van der Waals surface area contributed by atoms with Crippen molar-refractivity contribution in [2.45, 2.75) is 57.9 Å². The number of unbranched alkanes of at least 4 members (excludes halogenated alkanes) is 1. The molecular formula is C17H28N2O3S. The second-order valence-corrected chi connectivity index (χ2v) is 7.41. The van der Waals surface area contributed by atoms with E-state index in [1.807, 2.05) is 20.8 Å². The van der Waals surface area contributed by atoms with E-state index in [9.17, 15) is 13.2 Å². The first-order chi connectivity index (χ1) is 10.9. The van der Waals surface area contributed by atoms with E-state index < -0.39 is 10.0 Å². The van der Waals surface area contributed by atoms with Crippen molar-refractivity contribution in [2.24, 2.45) is 0 Å². The maximum atomic E-state index is 12.4. The lowest BCUT2D eigenvalue weighted by Crippen LogP contribution is -2.32. The third kappa shape index (κ3) is 5.62. The van der Waals surface area contributed by atoms with Gasteiger partial charge in [0, 0.05) is 24.7 Å². The van der Waals surface area contributed by atoms with E-state index in [-0.39, 0.29) is 16.8 Å². The third-order valence-corrected chi connectivity index (χ3v) is 5.44. The highest BCUT2D eigenvalue weighted by molar-refractivity contribution is 7.89. The fourth-order valence-corrected chi connectivity index (χ4v) is 3.45. The third-order valence-electron chi connectivity index (χ3n) is 3.83. The van der Waals surface area contributed by atoms with Crippen molar-refractivity contribution in [3.05, 3.63) is 29.8 Å². The topological polar surface area (TPSA) is 66.5 Å². The number of benzene rings is 1. The molecule has 1 unspecified atom stereocenters. The van der Waals surface area contributed by atoms with Crippen molar-refractivity contribution < 1.29 is 13.2 Å². The Labute approximate surface area is 140 Å². The fraction of sp³-hybridized carbons (Fsp3) is 0.588. The van der Waals surface area contributed by atoms with E-state index >= 15 is 0 Å². The number of sulfonamides is 1. The number of amides is 1. The van der Waals surface area contributed by atoms with Gasteiger partial charge in [0.2, 0.25) is 10.0 Å². The van der Waals surface area contributed by atoms with Crippen molar-refractivity contribution in [3.63, 3.8) is 0 Å². The summed E-state index contributed by atoms with van der Waals surface area (Å²) in [5, 5.41) is 0.